The fourth-order valence-corrected chi connectivity index (χ4v) is 3.69. The van der Waals surface area contributed by atoms with E-state index in [1.54, 1.807) is 0 Å². The second-order valence-corrected chi connectivity index (χ2v) is 5.99. The maximum Gasteiger partial charge on any atom is 0.0907 e. The highest BCUT2D eigenvalue weighted by Gasteiger charge is 2.32. The van der Waals surface area contributed by atoms with Crippen molar-refractivity contribution in [3.05, 3.63) is 32.7 Å². The van der Waals surface area contributed by atoms with E-state index < -0.39 is 5.60 Å². The van der Waals surface area contributed by atoms with Gasteiger partial charge in [-0.05, 0) is 30.5 Å². The Morgan fingerprint density at radius 3 is 2.33 bits per heavy atom. The normalized spacial score (nSPS) is 20.2. The van der Waals surface area contributed by atoms with E-state index in [0.29, 0.717) is 0 Å². The molecule has 0 aliphatic heterocycles. The van der Waals surface area contributed by atoms with Gasteiger partial charge >= 0.3 is 0 Å². The van der Waals surface area contributed by atoms with Crippen molar-refractivity contribution in [1.29, 1.82) is 0 Å². The van der Waals surface area contributed by atoms with Crippen LogP contribution < -0.4 is 0 Å². The molecule has 1 aromatic carbocycles. The second kappa shape index (κ2) is 4.56. The lowest BCUT2D eigenvalue weighted by Gasteiger charge is -2.33. The van der Waals surface area contributed by atoms with Gasteiger partial charge in [0.1, 0.15) is 0 Å². The third-order valence-electron chi connectivity index (χ3n) is 3.11. The first kappa shape index (κ1) is 11.6. The Kier molecular flexibility index (Phi) is 3.53. The zero-order valence-electron chi connectivity index (χ0n) is 8.47. The van der Waals surface area contributed by atoms with Crippen LogP contribution in [0.15, 0.2) is 27.1 Å². The average Bonchev–Trinajstić information content (AvgIpc) is 2.18. The van der Waals surface area contributed by atoms with Gasteiger partial charge in [-0.15, -0.1) is 0 Å². The monoisotopic (exact) mass is 332 g/mol. The number of rotatable bonds is 1. The van der Waals surface area contributed by atoms with Crippen LogP contribution in [0.5, 0.6) is 0 Å². The summed E-state index contributed by atoms with van der Waals surface area (Å²) in [7, 11) is 0. The molecule has 0 amide bonds. The van der Waals surface area contributed by atoms with Gasteiger partial charge < -0.3 is 5.11 Å². The van der Waals surface area contributed by atoms with Gasteiger partial charge in [-0.3, -0.25) is 0 Å². The highest BCUT2D eigenvalue weighted by molar-refractivity contribution is 9.11. The van der Waals surface area contributed by atoms with E-state index in [1.165, 1.54) is 6.42 Å². The molecule has 0 unspecified atom stereocenters. The van der Waals surface area contributed by atoms with Crippen molar-refractivity contribution in [3.63, 3.8) is 0 Å². The smallest absolute Gasteiger partial charge is 0.0907 e. The minimum Gasteiger partial charge on any atom is -0.385 e. The lowest BCUT2D eigenvalue weighted by molar-refractivity contribution is -0.00129. The van der Waals surface area contributed by atoms with Crippen molar-refractivity contribution in [1.82, 2.24) is 0 Å². The van der Waals surface area contributed by atoms with Crippen LogP contribution in [0.25, 0.3) is 0 Å². The minimum absolute atomic E-state index is 0.613. The van der Waals surface area contributed by atoms with Crippen molar-refractivity contribution in [3.8, 4) is 0 Å². The summed E-state index contributed by atoms with van der Waals surface area (Å²) in [6.07, 6.45) is 5.26. The van der Waals surface area contributed by atoms with Gasteiger partial charge in [0.15, 0.2) is 0 Å². The third-order valence-corrected chi connectivity index (χ3v) is 4.26. The number of halogens is 2. The van der Waals surface area contributed by atoms with E-state index in [2.05, 4.69) is 31.9 Å². The first-order chi connectivity index (χ1) is 7.12. The molecule has 0 aromatic heterocycles. The van der Waals surface area contributed by atoms with E-state index in [-0.39, 0.29) is 0 Å². The molecular weight excluding hydrogens is 320 g/mol. The standard InChI is InChI=1S/C12H14Br2O/c13-9-4-5-10(11(14)8-9)12(15)6-2-1-3-7-12/h4-5,8,15H,1-3,6-7H2. The van der Waals surface area contributed by atoms with Gasteiger partial charge in [-0.2, -0.15) is 0 Å². The molecule has 1 saturated carbocycles. The summed E-state index contributed by atoms with van der Waals surface area (Å²) in [5, 5.41) is 10.6. The van der Waals surface area contributed by atoms with Crippen LogP contribution in [-0.4, -0.2) is 5.11 Å². The molecule has 1 aliphatic carbocycles. The van der Waals surface area contributed by atoms with Crippen molar-refractivity contribution < 1.29 is 5.11 Å². The van der Waals surface area contributed by atoms with Gasteiger partial charge in [0.25, 0.3) is 0 Å². The van der Waals surface area contributed by atoms with Crippen LogP contribution >= 0.6 is 31.9 Å². The fourth-order valence-electron chi connectivity index (χ4n) is 2.27. The largest absolute Gasteiger partial charge is 0.385 e. The first-order valence-corrected chi connectivity index (χ1v) is 6.88. The van der Waals surface area contributed by atoms with E-state index in [0.717, 1.165) is 40.2 Å². The van der Waals surface area contributed by atoms with Crippen molar-refractivity contribution in [2.24, 2.45) is 0 Å². The van der Waals surface area contributed by atoms with Crippen molar-refractivity contribution >= 4 is 31.9 Å². The lowest BCUT2D eigenvalue weighted by atomic mass is 9.80. The number of hydrogen-bond acceptors (Lipinski definition) is 1. The van der Waals surface area contributed by atoms with Crippen LogP contribution in [0, 0.1) is 0 Å². The molecule has 0 saturated heterocycles. The van der Waals surface area contributed by atoms with Gasteiger partial charge in [0.05, 0.1) is 5.60 Å². The van der Waals surface area contributed by atoms with Crippen molar-refractivity contribution in [2.75, 3.05) is 0 Å². The highest BCUT2D eigenvalue weighted by atomic mass is 79.9. The molecule has 3 heteroatoms. The molecule has 0 heterocycles. The van der Waals surface area contributed by atoms with Crippen molar-refractivity contribution in [2.45, 2.75) is 37.7 Å². The number of aliphatic hydroxyl groups is 1. The van der Waals surface area contributed by atoms with E-state index >= 15 is 0 Å². The summed E-state index contributed by atoms with van der Waals surface area (Å²) in [6.45, 7) is 0. The second-order valence-electron chi connectivity index (χ2n) is 4.22. The Labute approximate surface area is 107 Å². The average molecular weight is 334 g/mol. The van der Waals surface area contributed by atoms with E-state index in [4.69, 9.17) is 0 Å². The molecule has 1 fully saturated rings. The van der Waals surface area contributed by atoms with Crippen LogP contribution in [0.4, 0.5) is 0 Å². The Hall–Kier alpha value is 0.140. The number of hydrogen-bond donors (Lipinski definition) is 1. The Bertz CT molecular complexity index is 357. The molecule has 1 aromatic rings. The summed E-state index contributed by atoms with van der Waals surface area (Å²) in [5.74, 6) is 0. The van der Waals surface area contributed by atoms with Crippen LogP contribution in [-0.2, 0) is 5.60 Å². The van der Waals surface area contributed by atoms with Gasteiger partial charge in [0, 0.05) is 8.95 Å². The van der Waals surface area contributed by atoms with Gasteiger partial charge in [-0.1, -0.05) is 57.2 Å². The van der Waals surface area contributed by atoms with Gasteiger partial charge in [-0.25, -0.2) is 0 Å². The predicted octanol–water partition coefficient (Wildman–Crippen LogP) is 4.36. The summed E-state index contributed by atoms with van der Waals surface area (Å²) in [5.41, 5.74) is 0.419. The summed E-state index contributed by atoms with van der Waals surface area (Å²) in [6, 6.07) is 6.01. The molecule has 82 valence electrons. The molecule has 1 N–H and O–H groups in total. The zero-order valence-corrected chi connectivity index (χ0v) is 11.6. The SMILES string of the molecule is OC1(c2ccc(Br)cc2Br)CCCCC1. The Morgan fingerprint density at radius 1 is 1.07 bits per heavy atom. The van der Waals surface area contributed by atoms with Crippen LogP contribution in [0.2, 0.25) is 0 Å². The zero-order chi connectivity index (χ0) is 10.9. The van der Waals surface area contributed by atoms with E-state index in [1.807, 2.05) is 18.2 Å². The maximum absolute atomic E-state index is 10.6. The molecule has 0 bridgehead atoms. The third kappa shape index (κ3) is 2.45. The Balaban J connectivity index is 2.35. The quantitative estimate of drug-likeness (QED) is 0.809. The topological polar surface area (TPSA) is 20.2 Å². The summed E-state index contributed by atoms with van der Waals surface area (Å²) >= 11 is 6.95. The molecule has 1 nitrogen and oxygen atoms in total. The maximum atomic E-state index is 10.6. The highest BCUT2D eigenvalue weighted by Crippen LogP contribution is 2.40. The summed E-state index contributed by atoms with van der Waals surface area (Å²) in [4.78, 5) is 0. The Morgan fingerprint density at radius 2 is 1.73 bits per heavy atom. The summed E-state index contributed by atoms with van der Waals surface area (Å²) < 4.78 is 2.04. The predicted molar refractivity (Wildman–Crippen MR) is 68.8 cm³/mol. The fraction of sp³-hybridized carbons (Fsp3) is 0.500. The molecular formula is C12H14Br2O. The van der Waals surface area contributed by atoms with Crippen LogP contribution in [0.3, 0.4) is 0 Å². The molecule has 2 rings (SSSR count). The molecule has 0 spiro atoms. The van der Waals surface area contributed by atoms with Crippen LogP contribution in [0.1, 0.15) is 37.7 Å². The lowest BCUT2D eigenvalue weighted by Crippen LogP contribution is -2.28. The van der Waals surface area contributed by atoms with Gasteiger partial charge in [0.2, 0.25) is 0 Å². The molecule has 15 heavy (non-hydrogen) atoms. The first-order valence-electron chi connectivity index (χ1n) is 5.30. The van der Waals surface area contributed by atoms with E-state index in [9.17, 15) is 5.11 Å². The molecule has 0 atom stereocenters. The molecule has 1 aliphatic rings. The number of benzene rings is 1. The molecule has 0 radical (unpaired) electrons. The minimum atomic E-state index is -0.613.